The molecular formula is C20H27ClN4O2. The van der Waals surface area contributed by atoms with Crippen molar-refractivity contribution in [1.29, 1.82) is 0 Å². The van der Waals surface area contributed by atoms with Crippen LogP contribution in [0.2, 0.25) is 5.02 Å². The molecule has 146 valence electrons. The zero-order valence-corrected chi connectivity index (χ0v) is 16.5. The lowest BCUT2D eigenvalue weighted by Gasteiger charge is -2.32. The number of nitrogens with one attached hydrogen (secondary N) is 1. The van der Waals surface area contributed by atoms with Gasteiger partial charge >= 0.3 is 0 Å². The number of nitrogens with zero attached hydrogens (tertiary/aromatic N) is 3. The summed E-state index contributed by atoms with van der Waals surface area (Å²) in [6, 6.07) is 6.45. The average molecular weight is 391 g/mol. The van der Waals surface area contributed by atoms with Crippen molar-refractivity contribution in [1.82, 2.24) is 15.2 Å². The lowest BCUT2D eigenvalue weighted by molar-refractivity contribution is -0.123. The van der Waals surface area contributed by atoms with E-state index < -0.39 is 0 Å². The number of carbonyl (C=O) groups excluding carboxylic acids is 1. The molecule has 2 aromatic rings. The first kappa shape index (κ1) is 18.6. The zero-order valence-electron chi connectivity index (χ0n) is 15.8. The molecular weight excluding hydrogens is 364 g/mol. The van der Waals surface area contributed by atoms with E-state index in [1.807, 2.05) is 12.1 Å². The van der Waals surface area contributed by atoms with Crippen LogP contribution in [0.15, 0.2) is 22.6 Å². The number of anilines is 1. The van der Waals surface area contributed by atoms with Crippen LogP contribution in [-0.2, 0) is 4.79 Å². The Labute approximate surface area is 164 Å². The molecule has 0 bridgehead atoms. The van der Waals surface area contributed by atoms with Gasteiger partial charge in [-0.3, -0.25) is 4.79 Å². The van der Waals surface area contributed by atoms with Crippen LogP contribution in [0.4, 0.5) is 6.01 Å². The number of amides is 1. The molecule has 1 aromatic carbocycles. The minimum Gasteiger partial charge on any atom is -0.423 e. The highest BCUT2D eigenvalue weighted by atomic mass is 35.5. The Morgan fingerprint density at radius 3 is 2.93 bits per heavy atom. The lowest BCUT2D eigenvalue weighted by Crippen LogP contribution is -2.44. The van der Waals surface area contributed by atoms with E-state index in [-0.39, 0.29) is 5.91 Å². The van der Waals surface area contributed by atoms with Gasteiger partial charge in [-0.05, 0) is 63.9 Å². The summed E-state index contributed by atoms with van der Waals surface area (Å²) in [5, 5.41) is 3.88. The predicted octanol–water partition coefficient (Wildman–Crippen LogP) is 3.30. The second kappa shape index (κ2) is 8.07. The number of piperidine rings is 2. The molecule has 2 fully saturated rings. The summed E-state index contributed by atoms with van der Waals surface area (Å²) < 4.78 is 5.90. The van der Waals surface area contributed by atoms with E-state index in [0.717, 1.165) is 57.4 Å². The monoisotopic (exact) mass is 390 g/mol. The van der Waals surface area contributed by atoms with E-state index in [1.165, 1.54) is 0 Å². The van der Waals surface area contributed by atoms with Crippen molar-refractivity contribution >= 4 is 34.6 Å². The minimum atomic E-state index is 0.181. The number of hydrogen-bond donors (Lipinski definition) is 1. The SMILES string of the molecule is CN1CCC(NC(=O)CC2CCCN(c3nc4ccc(Cl)cc4o3)C2)CC1. The molecule has 3 heterocycles. The summed E-state index contributed by atoms with van der Waals surface area (Å²) in [5.74, 6) is 0.518. The van der Waals surface area contributed by atoms with Gasteiger partial charge in [0.1, 0.15) is 5.52 Å². The van der Waals surface area contributed by atoms with Gasteiger partial charge in [-0.25, -0.2) is 0 Å². The van der Waals surface area contributed by atoms with Gasteiger partial charge in [-0.15, -0.1) is 0 Å². The molecule has 2 saturated heterocycles. The third kappa shape index (κ3) is 4.55. The Kier molecular flexibility index (Phi) is 5.55. The Morgan fingerprint density at radius 2 is 2.11 bits per heavy atom. The van der Waals surface area contributed by atoms with Crippen molar-refractivity contribution in [2.24, 2.45) is 5.92 Å². The molecule has 1 amide bonds. The van der Waals surface area contributed by atoms with E-state index in [4.69, 9.17) is 16.0 Å². The number of rotatable bonds is 4. The van der Waals surface area contributed by atoms with Gasteiger partial charge in [0.05, 0.1) is 0 Å². The van der Waals surface area contributed by atoms with E-state index >= 15 is 0 Å². The summed E-state index contributed by atoms with van der Waals surface area (Å²) in [4.78, 5) is 21.5. The summed E-state index contributed by atoms with van der Waals surface area (Å²) in [5.41, 5.74) is 1.52. The van der Waals surface area contributed by atoms with Crippen LogP contribution in [0, 0.1) is 5.92 Å². The van der Waals surface area contributed by atoms with E-state index in [0.29, 0.717) is 35.0 Å². The number of carbonyl (C=O) groups is 1. The molecule has 27 heavy (non-hydrogen) atoms. The molecule has 0 aliphatic carbocycles. The molecule has 4 rings (SSSR count). The minimum absolute atomic E-state index is 0.181. The maximum atomic E-state index is 12.5. The Bertz CT molecular complexity index is 800. The molecule has 2 aliphatic heterocycles. The topological polar surface area (TPSA) is 61.6 Å². The van der Waals surface area contributed by atoms with Crippen molar-refractivity contribution in [3.05, 3.63) is 23.2 Å². The molecule has 0 radical (unpaired) electrons. The van der Waals surface area contributed by atoms with Gasteiger partial charge < -0.3 is 19.5 Å². The van der Waals surface area contributed by atoms with E-state index in [9.17, 15) is 4.79 Å². The third-order valence-electron chi connectivity index (χ3n) is 5.69. The Balaban J connectivity index is 1.34. The van der Waals surface area contributed by atoms with Crippen LogP contribution in [0.25, 0.3) is 11.1 Å². The number of oxazole rings is 1. The molecule has 2 aliphatic rings. The first-order valence-electron chi connectivity index (χ1n) is 9.86. The highest BCUT2D eigenvalue weighted by Crippen LogP contribution is 2.29. The summed E-state index contributed by atoms with van der Waals surface area (Å²) in [7, 11) is 2.13. The van der Waals surface area contributed by atoms with Gasteiger partial charge in [-0.1, -0.05) is 11.6 Å². The summed E-state index contributed by atoms with van der Waals surface area (Å²) in [6.45, 7) is 3.84. The van der Waals surface area contributed by atoms with Crippen LogP contribution < -0.4 is 10.2 Å². The van der Waals surface area contributed by atoms with Gasteiger partial charge in [-0.2, -0.15) is 4.98 Å². The van der Waals surface area contributed by atoms with Crippen molar-refractivity contribution in [2.45, 2.75) is 38.1 Å². The fourth-order valence-electron chi connectivity index (χ4n) is 4.13. The molecule has 0 saturated carbocycles. The molecule has 1 atom stereocenters. The second-order valence-electron chi connectivity index (χ2n) is 7.91. The van der Waals surface area contributed by atoms with Gasteiger partial charge in [0.2, 0.25) is 5.91 Å². The maximum absolute atomic E-state index is 12.5. The summed E-state index contributed by atoms with van der Waals surface area (Å²) >= 11 is 6.03. The molecule has 1 N–H and O–H groups in total. The van der Waals surface area contributed by atoms with Crippen molar-refractivity contribution < 1.29 is 9.21 Å². The Morgan fingerprint density at radius 1 is 1.30 bits per heavy atom. The van der Waals surface area contributed by atoms with Crippen LogP contribution >= 0.6 is 11.6 Å². The van der Waals surface area contributed by atoms with Crippen molar-refractivity contribution in [3.63, 3.8) is 0 Å². The standard InChI is InChI=1S/C20H27ClN4O2/c1-24-9-6-16(7-10-24)22-19(26)11-14-3-2-8-25(13-14)20-23-17-5-4-15(21)12-18(17)27-20/h4-5,12,14,16H,2-3,6-11,13H2,1H3,(H,22,26). The number of aromatic nitrogens is 1. The lowest BCUT2D eigenvalue weighted by atomic mass is 9.94. The first-order chi connectivity index (χ1) is 13.1. The van der Waals surface area contributed by atoms with Crippen LogP contribution in [0.3, 0.4) is 0 Å². The quantitative estimate of drug-likeness (QED) is 0.867. The summed E-state index contributed by atoms with van der Waals surface area (Å²) in [6.07, 6.45) is 4.79. The van der Waals surface area contributed by atoms with Crippen LogP contribution in [0.5, 0.6) is 0 Å². The average Bonchev–Trinajstić information content (AvgIpc) is 3.07. The highest BCUT2D eigenvalue weighted by Gasteiger charge is 2.26. The van der Waals surface area contributed by atoms with Gasteiger partial charge in [0, 0.05) is 36.6 Å². The molecule has 0 spiro atoms. The first-order valence-corrected chi connectivity index (χ1v) is 10.2. The van der Waals surface area contributed by atoms with Crippen molar-refractivity contribution in [3.8, 4) is 0 Å². The van der Waals surface area contributed by atoms with E-state index in [1.54, 1.807) is 6.07 Å². The molecule has 1 unspecified atom stereocenters. The normalized spacial score (nSPS) is 22.3. The predicted molar refractivity (Wildman–Crippen MR) is 107 cm³/mol. The molecule has 1 aromatic heterocycles. The number of fused-ring (bicyclic) bond motifs is 1. The number of halogens is 1. The number of hydrogen-bond acceptors (Lipinski definition) is 5. The molecule has 7 heteroatoms. The van der Waals surface area contributed by atoms with Gasteiger partial charge in [0.25, 0.3) is 6.01 Å². The number of likely N-dealkylation sites (tertiary alicyclic amines) is 1. The Hall–Kier alpha value is -1.79. The van der Waals surface area contributed by atoms with Gasteiger partial charge in [0.15, 0.2) is 5.58 Å². The van der Waals surface area contributed by atoms with Crippen LogP contribution in [-0.4, -0.2) is 55.1 Å². The fraction of sp³-hybridized carbons (Fsp3) is 0.600. The van der Waals surface area contributed by atoms with Crippen molar-refractivity contribution in [2.75, 3.05) is 38.1 Å². The molecule has 6 nitrogen and oxygen atoms in total. The maximum Gasteiger partial charge on any atom is 0.298 e. The van der Waals surface area contributed by atoms with E-state index in [2.05, 4.69) is 27.1 Å². The van der Waals surface area contributed by atoms with Crippen LogP contribution in [0.1, 0.15) is 32.1 Å². The second-order valence-corrected chi connectivity index (χ2v) is 8.35. The number of benzene rings is 1. The fourth-order valence-corrected chi connectivity index (χ4v) is 4.29. The largest absolute Gasteiger partial charge is 0.423 e. The third-order valence-corrected chi connectivity index (χ3v) is 5.92. The smallest absolute Gasteiger partial charge is 0.298 e. The highest BCUT2D eigenvalue weighted by molar-refractivity contribution is 6.31. The zero-order chi connectivity index (χ0) is 18.8.